The lowest BCUT2D eigenvalue weighted by molar-refractivity contribution is -0.123. The second kappa shape index (κ2) is 7.98. The summed E-state index contributed by atoms with van der Waals surface area (Å²) in [6, 6.07) is 16.0. The smallest absolute Gasteiger partial charge is 0.259 e. The summed E-state index contributed by atoms with van der Waals surface area (Å²) < 4.78 is 5.49. The van der Waals surface area contributed by atoms with Gasteiger partial charge in [0.2, 0.25) is 0 Å². The van der Waals surface area contributed by atoms with E-state index in [2.05, 4.69) is 10.6 Å². The predicted octanol–water partition coefficient (Wildman–Crippen LogP) is 2.84. The molecule has 120 valence electrons. The topological polar surface area (TPSA) is 67.4 Å². The van der Waals surface area contributed by atoms with E-state index in [1.165, 1.54) is 0 Å². The van der Waals surface area contributed by atoms with Crippen molar-refractivity contribution >= 4 is 17.5 Å². The third-order valence-corrected chi connectivity index (χ3v) is 2.97. The van der Waals surface area contributed by atoms with Gasteiger partial charge in [0, 0.05) is 11.7 Å². The van der Waals surface area contributed by atoms with E-state index in [0.717, 1.165) is 0 Å². The van der Waals surface area contributed by atoms with Gasteiger partial charge in [0.15, 0.2) is 6.61 Å². The van der Waals surface area contributed by atoms with E-state index >= 15 is 0 Å². The lowest BCUT2D eigenvalue weighted by Crippen LogP contribution is -2.34. The molecule has 0 radical (unpaired) electrons. The van der Waals surface area contributed by atoms with Gasteiger partial charge in [0.25, 0.3) is 11.8 Å². The van der Waals surface area contributed by atoms with E-state index in [1.54, 1.807) is 36.4 Å². The summed E-state index contributed by atoms with van der Waals surface area (Å²) in [4.78, 5) is 24.0. The van der Waals surface area contributed by atoms with Crippen molar-refractivity contribution in [2.45, 2.75) is 19.9 Å². The molecule has 5 heteroatoms. The fourth-order valence-corrected chi connectivity index (χ4v) is 2.01. The van der Waals surface area contributed by atoms with Crippen molar-refractivity contribution < 1.29 is 14.3 Å². The van der Waals surface area contributed by atoms with Gasteiger partial charge in [0.05, 0.1) is 5.56 Å². The van der Waals surface area contributed by atoms with Gasteiger partial charge in [-0.3, -0.25) is 9.59 Å². The largest absolute Gasteiger partial charge is 0.483 e. The molecule has 0 saturated carbocycles. The molecule has 0 unspecified atom stereocenters. The standard InChI is InChI=1S/C18H20N2O3/c1-13(2)19-17(21)12-23-16-11-7-6-10-15(16)18(22)20-14-8-4-3-5-9-14/h3-11,13H,12H2,1-2H3,(H,19,21)(H,20,22). The zero-order chi connectivity index (χ0) is 16.7. The van der Waals surface area contributed by atoms with Gasteiger partial charge >= 0.3 is 0 Å². The molecule has 0 fully saturated rings. The van der Waals surface area contributed by atoms with Crippen LogP contribution in [-0.2, 0) is 4.79 Å². The highest BCUT2D eigenvalue weighted by Crippen LogP contribution is 2.19. The van der Waals surface area contributed by atoms with Crippen LogP contribution < -0.4 is 15.4 Å². The average Bonchev–Trinajstić information content (AvgIpc) is 2.53. The van der Waals surface area contributed by atoms with Crippen LogP contribution in [0.15, 0.2) is 54.6 Å². The van der Waals surface area contributed by atoms with Gasteiger partial charge < -0.3 is 15.4 Å². The first-order valence-electron chi connectivity index (χ1n) is 7.44. The molecular formula is C18H20N2O3. The molecule has 2 amide bonds. The SMILES string of the molecule is CC(C)NC(=O)COc1ccccc1C(=O)Nc1ccccc1. The number of rotatable bonds is 6. The molecule has 0 aromatic heterocycles. The number of amides is 2. The number of hydrogen-bond donors (Lipinski definition) is 2. The highest BCUT2D eigenvalue weighted by atomic mass is 16.5. The zero-order valence-corrected chi connectivity index (χ0v) is 13.2. The van der Waals surface area contributed by atoms with E-state index in [1.807, 2.05) is 32.0 Å². The summed E-state index contributed by atoms with van der Waals surface area (Å²) in [5.41, 5.74) is 1.08. The van der Waals surface area contributed by atoms with E-state index < -0.39 is 0 Å². The number of para-hydroxylation sites is 2. The van der Waals surface area contributed by atoms with Gasteiger partial charge in [0.1, 0.15) is 5.75 Å². The Morgan fingerprint density at radius 3 is 2.35 bits per heavy atom. The summed E-state index contributed by atoms with van der Waals surface area (Å²) in [7, 11) is 0. The molecule has 0 saturated heterocycles. The van der Waals surface area contributed by atoms with Crippen molar-refractivity contribution in [2.24, 2.45) is 0 Å². The molecule has 0 aliphatic carbocycles. The lowest BCUT2D eigenvalue weighted by atomic mass is 10.2. The molecule has 2 rings (SSSR count). The van der Waals surface area contributed by atoms with E-state index in [-0.39, 0.29) is 24.5 Å². The van der Waals surface area contributed by atoms with Gasteiger partial charge in [-0.25, -0.2) is 0 Å². The summed E-state index contributed by atoms with van der Waals surface area (Å²) in [6.45, 7) is 3.62. The molecule has 0 heterocycles. The van der Waals surface area contributed by atoms with Crippen molar-refractivity contribution in [3.63, 3.8) is 0 Å². The highest BCUT2D eigenvalue weighted by molar-refractivity contribution is 6.06. The number of hydrogen-bond acceptors (Lipinski definition) is 3. The third-order valence-electron chi connectivity index (χ3n) is 2.97. The first-order valence-corrected chi connectivity index (χ1v) is 7.44. The Morgan fingerprint density at radius 2 is 1.65 bits per heavy atom. The van der Waals surface area contributed by atoms with Crippen LogP contribution in [0, 0.1) is 0 Å². The monoisotopic (exact) mass is 312 g/mol. The van der Waals surface area contributed by atoms with Crippen LogP contribution in [0.4, 0.5) is 5.69 Å². The Bertz CT molecular complexity index is 669. The summed E-state index contributed by atoms with van der Waals surface area (Å²) in [6.07, 6.45) is 0. The molecule has 0 atom stereocenters. The maximum Gasteiger partial charge on any atom is 0.259 e. The van der Waals surface area contributed by atoms with Crippen molar-refractivity contribution in [3.05, 3.63) is 60.2 Å². The molecular weight excluding hydrogens is 292 g/mol. The van der Waals surface area contributed by atoms with E-state index in [4.69, 9.17) is 4.74 Å². The quantitative estimate of drug-likeness (QED) is 0.862. The number of nitrogens with one attached hydrogen (secondary N) is 2. The summed E-state index contributed by atoms with van der Waals surface area (Å²) in [5, 5.41) is 5.54. The fourth-order valence-electron chi connectivity index (χ4n) is 2.01. The number of benzene rings is 2. The minimum absolute atomic E-state index is 0.0442. The minimum atomic E-state index is -0.281. The van der Waals surface area contributed by atoms with E-state index in [0.29, 0.717) is 17.0 Å². The maximum atomic E-state index is 12.4. The third kappa shape index (κ3) is 5.14. The lowest BCUT2D eigenvalue weighted by Gasteiger charge is -2.13. The molecule has 5 nitrogen and oxygen atoms in total. The van der Waals surface area contributed by atoms with Gasteiger partial charge in [-0.1, -0.05) is 30.3 Å². The Hall–Kier alpha value is -2.82. The molecule has 2 aromatic rings. The summed E-state index contributed by atoms with van der Waals surface area (Å²) in [5.74, 6) is -0.130. The molecule has 2 N–H and O–H groups in total. The average molecular weight is 312 g/mol. The number of carbonyl (C=O) groups excluding carboxylic acids is 2. The van der Waals surface area contributed by atoms with Crippen molar-refractivity contribution in [1.29, 1.82) is 0 Å². The van der Waals surface area contributed by atoms with Crippen LogP contribution in [0.1, 0.15) is 24.2 Å². The van der Waals surface area contributed by atoms with Crippen LogP contribution in [0.2, 0.25) is 0 Å². The highest BCUT2D eigenvalue weighted by Gasteiger charge is 2.13. The molecule has 23 heavy (non-hydrogen) atoms. The molecule has 0 aliphatic heterocycles. The van der Waals surface area contributed by atoms with Gasteiger partial charge in [-0.15, -0.1) is 0 Å². The predicted molar refractivity (Wildman–Crippen MR) is 89.6 cm³/mol. The molecule has 2 aromatic carbocycles. The Balaban J connectivity index is 2.05. The van der Waals surface area contributed by atoms with Crippen molar-refractivity contribution in [1.82, 2.24) is 5.32 Å². The fraction of sp³-hybridized carbons (Fsp3) is 0.222. The Labute approximate surface area is 135 Å². The maximum absolute atomic E-state index is 12.4. The Kier molecular flexibility index (Phi) is 5.74. The Morgan fingerprint density at radius 1 is 1.00 bits per heavy atom. The normalized spacial score (nSPS) is 10.2. The molecule has 0 spiro atoms. The van der Waals surface area contributed by atoms with Crippen LogP contribution in [0.25, 0.3) is 0 Å². The van der Waals surface area contributed by atoms with Crippen LogP contribution >= 0.6 is 0 Å². The second-order valence-corrected chi connectivity index (χ2v) is 5.33. The van der Waals surface area contributed by atoms with Crippen molar-refractivity contribution in [2.75, 3.05) is 11.9 Å². The van der Waals surface area contributed by atoms with Crippen LogP contribution in [-0.4, -0.2) is 24.5 Å². The van der Waals surface area contributed by atoms with Crippen molar-refractivity contribution in [3.8, 4) is 5.75 Å². The minimum Gasteiger partial charge on any atom is -0.483 e. The van der Waals surface area contributed by atoms with Crippen LogP contribution in [0.3, 0.4) is 0 Å². The first-order chi connectivity index (χ1) is 11.1. The number of carbonyl (C=O) groups is 2. The number of ether oxygens (including phenoxy) is 1. The zero-order valence-electron chi connectivity index (χ0n) is 13.2. The first kappa shape index (κ1) is 16.5. The van der Waals surface area contributed by atoms with E-state index in [9.17, 15) is 9.59 Å². The summed E-state index contributed by atoms with van der Waals surface area (Å²) >= 11 is 0. The van der Waals surface area contributed by atoms with Crippen LogP contribution in [0.5, 0.6) is 5.75 Å². The van der Waals surface area contributed by atoms with Gasteiger partial charge in [-0.05, 0) is 38.1 Å². The molecule has 0 bridgehead atoms. The number of anilines is 1. The van der Waals surface area contributed by atoms with Gasteiger partial charge in [-0.2, -0.15) is 0 Å². The second-order valence-electron chi connectivity index (χ2n) is 5.33. The molecule has 0 aliphatic rings.